The monoisotopic (exact) mass is 379 g/mol. The highest BCUT2D eigenvalue weighted by atomic mass is 16.2. The Labute approximate surface area is 164 Å². The third-order valence-corrected chi connectivity index (χ3v) is 5.59. The second-order valence-corrected chi connectivity index (χ2v) is 7.32. The predicted octanol–water partition coefficient (Wildman–Crippen LogP) is 2.40. The van der Waals surface area contributed by atoms with Crippen LogP contribution in [0, 0.1) is 0 Å². The molecule has 2 amide bonds. The first-order valence-electron chi connectivity index (χ1n) is 9.77. The summed E-state index contributed by atoms with van der Waals surface area (Å²) in [5.41, 5.74) is 2.65. The van der Waals surface area contributed by atoms with Gasteiger partial charge >= 0.3 is 0 Å². The van der Waals surface area contributed by atoms with Crippen molar-refractivity contribution >= 4 is 17.6 Å². The van der Waals surface area contributed by atoms with Gasteiger partial charge < -0.3 is 15.1 Å². The van der Waals surface area contributed by atoms with Crippen molar-refractivity contribution in [1.82, 2.24) is 19.8 Å². The van der Waals surface area contributed by atoms with Gasteiger partial charge in [0.25, 0.3) is 5.91 Å². The quantitative estimate of drug-likeness (QED) is 0.886. The number of nitrogens with zero attached hydrogens (tertiary/aromatic N) is 4. The number of anilines is 1. The van der Waals surface area contributed by atoms with Gasteiger partial charge in [-0.2, -0.15) is 0 Å². The minimum Gasteiger partial charge on any atom is -0.373 e. The van der Waals surface area contributed by atoms with E-state index in [1.165, 1.54) is 0 Å². The van der Waals surface area contributed by atoms with E-state index in [1.807, 2.05) is 47.2 Å². The molecule has 1 aromatic carbocycles. The Balaban J connectivity index is 1.65. The van der Waals surface area contributed by atoms with Crippen LogP contribution in [0.15, 0.2) is 30.3 Å². The number of hydrogen-bond donors (Lipinski definition) is 1. The van der Waals surface area contributed by atoms with Gasteiger partial charge in [0.05, 0.1) is 18.3 Å². The van der Waals surface area contributed by atoms with E-state index in [0.717, 1.165) is 29.9 Å². The molecule has 0 aliphatic carbocycles. The Bertz CT molecular complexity index is 882. The van der Waals surface area contributed by atoms with Crippen molar-refractivity contribution in [3.63, 3.8) is 0 Å². The number of benzene rings is 1. The molecule has 3 heterocycles. The third-order valence-electron chi connectivity index (χ3n) is 5.59. The van der Waals surface area contributed by atoms with Gasteiger partial charge in [0, 0.05) is 44.6 Å². The number of likely N-dealkylation sites (tertiary alicyclic amines) is 1. The number of nitrogens with one attached hydrogen (secondary N) is 1. The van der Waals surface area contributed by atoms with Crippen molar-refractivity contribution < 1.29 is 9.59 Å². The molecule has 28 heavy (non-hydrogen) atoms. The summed E-state index contributed by atoms with van der Waals surface area (Å²) in [6, 6.07) is 9.26. The summed E-state index contributed by atoms with van der Waals surface area (Å²) < 4.78 is 0. The molecule has 0 spiro atoms. The van der Waals surface area contributed by atoms with Crippen LogP contribution in [0.4, 0.5) is 5.82 Å². The summed E-state index contributed by atoms with van der Waals surface area (Å²) in [7, 11) is 1.83. The lowest BCUT2D eigenvalue weighted by Crippen LogP contribution is -2.36. The molecular weight excluding hydrogens is 354 g/mol. The van der Waals surface area contributed by atoms with Gasteiger partial charge in [0.15, 0.2) is 5.82 Å². The van der Waals surface area contributed by atoms with E-state index in [4.69, 9.17) is 9.97 Å². The fourth-order valence-electron chi connectivity index (χ4n) is 4.08. The molecule has 1 unspecified atom stereocenters. The summed E-state index contributed by atoms with van der Waals surface area (Å²) in [5, 5.41) is 3.16. The second-order valence-electron chi connectivity index (χ2n) is 7.32. The molecule has 0 bridgehead atoms. The Morgan fingerprint density at radius 3 is 2.64 bits per heavy atom. The first kappa shape index (κ1) is 18.4. The summed E-state index contributed by atoms with van der Waals surface area (Å²) >= 11 is 0. The van der Waals surface area contributed by atoms with Crippen LogP contribution in [0.1, 0.15) is 53.2 Å². The molecule has 7 nitrogen and oxygen atoms in total. The Morgan fingerprint density at radius 2 is 1.93 bits per heavy atom. The molecular formula is C21H25N5O2. The summed E-state index contributed by atoms with van der Waals surface area (Å²) in [6.45, 7) is 3.49. The Hall–Kier alpha value is -2.96. The average Bonchev–Trinajstić information content (AvgIpc) is 3.22. The Kier molecular flexibility index (Phi) is 4.98. The molecule has 0 saturated carbocycles. The summed E-state index contributed by atoms with van der Waals surface area (Å²) in [5.74, 6) is 1.54. The third kappa shape index (κ3) is 3.32. The van der Waals surface area contributed by atoms with Crippen LogP contribution in [0.25, 0.3) is 0 Å². The first-order chi connectivity index (χ1) is 13.6. The number of aromatic nitrogens is 2. The van der Waals surface area contributed by atoms with E-state index in [9.17, 15) is 9.59 Å². The van der Waals surface area contributed by atoms with Crippen molar-refractivity contribution in [1.29, 1.82) is 0 Å². The molecule has 1 N–H and O–H groups in total. The van der Waals surface area contributed by atoms with Gasteiger partial charge in [-0.1, -0.05) is 18.2 Å². The number of amides is 2. The predicted molar refractivity (Wildman–Crippen MR) is 106 cm³/mol. The summed E-state index contributed by atoms with van der Waals surface area (Å²) in [4.78, 5) is 38.1. The number of hydrogen-bond acceptors (Lipinski definition) is 5. The van der Waals surface area contributed by atoms with Gasteiger partial charge in [-0.15, -0.1) is 0 Å². The standard InChI is InChI=1S/C21H25N5O2/c1-14(27)25-12-10-17-16(13-25)19(22-2)24-20(23-17)18-9-6-11-26(18)21(28)15-7-4-3-5-8-15/h3-5,7-8,18H,6,9-13H2,1-2H3,(H,22,23,24). The fraction of sp³-hybridized carbons (Fsp3) is 0.429. The van der Waals surface area contributed by atoms with Crippen LogP contribution in [0.2, 0.25) is 0 Å². The number of carbonyl (C=O) groups excluding carboxylic acids is 2. The lowest BCUT2D eigenvalue weighted by molar-refractivity contribution is -0.129. The fourth-order valence-corrected chi connectivity index (χ4v) is 4.08. The zero-order valence-corrected chi connectivity index (χ0v) is 16.3. The van der Waals surface area contributed by atoms with E-state index < -0.39 is 0 Å². The Morgan fingerprint density at radius 1 is 1.14 bits per heavy atom. The van der Waals surface area contributed by atoms with Crippen molar-refractivity contribution in [3.05, 3.63) is 53.0 Å². The van der Waals surface area contributed by atoms with E-state index in [1.54, 1.807) is 6.92 Å². The summed E-state index contributed by atoms with van der Waals surface area (Å²) in [6.07, 6.45) is 2.51. The second kappa shape index (κ2) is 7.58. The van der Waals surface area contributed by atoms with E-state index in [-0.39, 0.29) is 17.9 Å². The molecule has 2 aromatic rings. The highest BCUT2D eigenvalue weighted by molar-refractivity contribution is 5.94. The van der Waals surface area contributed by atoms with Crippen LogP contribution in [-0.2, 0) is 17.8 Å². The normalized spacial score (nSPS) is 18.7. The van der Waals surface area contributed by atoms with Crippen LogP contribution in [0.3, 0.4) is 0 Å². The maximum absolute atomic E-state index is 13.0. The van der Waals surface area contributed by atoms with Gasteiger partial charge in [-0.3, -0.25) is 9.59 Å². The molecule has 2 aliphatic heterocycles. The largest absolute Gasteiger partial charge is 0.373 e. The maximum Gasteiger partial charge on any atom is 0.254 e. The molecule has 1 fully saturated rings. The van der Waals surface area contributed by atoms with Gasteiger partial charge in [0.2, 0.25) is 5.91 Å². The van der Waals surface area contributed by atoms with Crippen molar-refractivity contribution in [3.8, 4) is 0 Å². The topological polar surface area (TPSA) is 78.4 Å². The van der Waals surface area contributed by atoms with Crippen molar-refractivity contribution in [2.24, 2.45) is 0 Å². The molecule has 7 heteroatoms. The maximum atomic E-state index is 13.0. The van der Waals surface area contributed by atoms with E-state index >= 15 is 0 Å². The molecule has 146 valence electrons. The highest BCUT2D eigenvalue weighted by Crippen LogP contribution is 2.34. The van der Waals surface area contributed by atoms with Gasteiger partial charge in [-0.25, -0.2) is 9.97 Å². The van der Waals surface area contributed by atoms with Crippen LogP contribution in [-0.4, -0.2) is 51.7 Å². The van der Waals surface area contributed by atoms with E-state index in [2.05, 4.69) is 5.32 Å². The minimum absolute atomic E-state index is 0.0261. The highest BCUT2D eigenvalue weighted by Gasteiger charge is 2.34. The number of rotatable bonds is 3. The SMILES string of the molecule is CNc1nc(C2CCCN2C(=O)c2ccccc2)nc2c1CN(C(C)=O)CC2. The minimum atomic E-state index is -0.115. The lowest BCUT2D eigenvalue weighted by atomic mass is 10.0. The number of carbonyl (C=O) groups is 2. The molecule has 2 aliphatic rings. The first-order valence-corrected chi connectivity index (χ1v) is 9.77. The van der Waals surface area contributed by atoms with Crippen LogP contribution >= 0.6 is 0 Å². The van der Waals surface area contributed by atoms with Crippen molar-refractivity contribution in [2.75, 3.05) is 25.5 Å². The zero-order valence-electron chi connectivity index (χ0n) is 16.3. The van der Waals surface area contributed by atoms with Gasteiger partial charge in [0.1, 0.15) is 5.82 Å². The average molecular weight is 379 g/mol. The molecule has 0 radical (unpaired) electrons. The number of fused-ring (bicyclic) bond motifs is 1. The molecule has 1 saturated heterocycles. The molecule has 1 atom stereocenters. The molecule has 4 rings (SSSR count). The van der Waals surface area contributed by atoms with Crippen LogP contribution in [0.5, 0.6) is 0 Å². The smallest absolute Gasteiger partial charge is 0.254 e. The van der Waals surface area contributed by atoms with E-state index in [0.29, 0.717) is 37.4 Å². The zero-order chi connectivity index (χ0) is 19.7. The van der Waals surface area contributed by atoms with Gasteiger partial charge in [-0.05, 0) is 25.0 Å². The van der Waals surface area contributed by atoms with Crippen LogP contribution < -0.4 is 5.32 Å². The van der Waals surface area contributed by atoms with Crippen molar-refractivity contribution in [2.45, 2.75) is 38.8 Å². The lowest BCUT2D eigenvalue weighted by Gasteiger charge is -2.30. The molecule has 1 aromatic heterocycles.